The van der Waals surface area contributed by atoms with Crippen molar-refractivity contribution in [2.75, 3.05) is 19.8 Å². The Morgan fingerprint density at radius 2 is 2.11 bits per heavy atom. The minimum absolute atomic E-state index is 0.168. The molecule has 0 fully saturated rings. The lowest BCUT2D eigenvalue weighted by atomic mass is 10.2. The zero-order valence-electron chi connectivity index (χ0n) is 12.1. The third-order valence-corrected chi connectivity index (χ3v) is 3.47. The molecule has 0 aliphatic rings. The first-order valence-electron chi connectivity index (χ1n) is 6.51. The predicted molar refractivity (Wildman–Crippen MR) is 77.5 cm³/mol. The Bertz CT molecular complexity index is 405. The number of urea groups is 1. The summed E-state index contributed by atoms with van der Waals surface area (Å²) in [7, 11) is 0. The highest BCUT2D eigenvalue weighted by Crippen LogP contribution is 2.16. The van der Waals surface area contributed by atoms with Gasteiger partial charge in [0.1, 0.15) is 0 Å². The van der Waals surface area contributed by atoms with Gasteiger partial charge in [0.05, 0.1) is 23.9 Å². The van der Waals surface area contributed by atoms with Crippen LogP contribution in [0.1, 0.15) is 29.4 Å². The molecule has 0 aliphatic heterocycles. The summed E-state index contributed by atoms with van der Waals surface area (Å²) in [5, 5.41) is 6.60. The first-order chi connectivity index (χ1) is 8.99. The quantitative estimate of drug-likeness (QED) is 0.755. The second-order valence-electron chi connectivity index (χ2n) is 4.82. The summed E-state index contributed by atoms with van der Waals surface area (Å²) in [4.78, 5) is 17.0. The van der Waals surface area contributed by atoms with Gasteiger partial charge in [-0.2, -0.15) is 0 Å². The fourth-order valence-electron chi connectivity index (χ4n) is 1.52. The molecule has 0 spiro atoms. The monoisotopic (exact) mass is 285 g/mol. The maximum absolute atomic E-state index is 11.5. The Balaban J connectivity index is 2.13. The highest BCUT2D eigenvalue weighted by molar-refractivity contribution is 7.11. The molecule has 1 aromatic rings. The van der Waals surface area contributed by atoms with Crippen molar-refractivity contribution < 1.29 is 9.53 Å². The smallest absolute Gasteiger partial charge is 0.315 e. The van der Waals surface area contributed by atoms with Crippen LogP contribution in [0.4, 0.5) is 4.79 Å². The van der Waals surface area contributed by atoms with Crippen LogP contribution in [0.25, 0.3) is 0 Å². The SMILES string of the molecule is Cc1nc(C)c(CNC(=O)NCCOCC(C)C)s1. The number of carbonyl (C=O) groups is 1. The van der Waals surface area contributed by atoms with Crippen molar-refractivity contribution in [2.24, 2.45) is 5.92 Å². The fourth-order valence-corrected chi connectivity index (χ4v) is 2.39. The van der Waals surface area contributed by atoms with E-state index >= 15 is 0 Å². The number of hydrogen-bond donors (Lipinski definition) is 2. The largest absolute Gasteiger partial charge is 0.379 e. The number of thiazole rings is 1. The molecule has 0 radical (unpaired) electrons. The first kappa shape index (κ1) is 15.9. The van der Waals surface area contributed by atoms with Crippen molar-refractivity contribution in [3.05, 3.63) is 15.6 Å². The van der Waals surface area contributed by atoms with Gasteiger partial charge in [0.15, 0.2) is 0 Å². The number of nitrogens with one attached hydrogen (secondary N) is 2. The van der Waals surface area contributed by atoms with Crippen LogP contribution in [0.5, 0.6) is 0 Å². The molecule has 0 aliphatic carbocycles. The zero-order chi connectivity index (χ0) is 14.3. The van der Waals surface area contributed by atoms with E-state index in [4.69, 9.17) is 4.74 Å². The van der Waals surface area contributed by atoms with Crippen molar-refractivity contribution in [3.63, 3.8) is 0 Å². The number of rotatable bonds is 7. The van der Waals surface area contributed by atoms with Crippen LogP contribution in [0, 0.1) is 19.8 Å². The molecule has 0 saturated carbocycles. The Morgan fingerprint density at radius 3 is 2.68 bits per heavy atom. The van der Waals surface area contributed by atoms with Crippen molar-refractivity contribution in [2.45, 2.75) is 34.2 Å². The van der Waals surface area contributed by atoms with Crippen molar-refractivity contribution >= 4 is 17.4 Å². The lowest BCUT2D eigenvalue weighted by Gasteiger charge is -2.09. The minimum atomic E-state index is -0.168. The second-order valence-corrected chi connectivity index (χ2v) is 6.11. The number of hydrogen-bond acceptors (Lipinski definition) is 4. The maximum atomic E-state index is 11.5. The summed E-state index contributed by atoms with van der Waals surface area (Å²) in [5.74, 6) is 0.520. The fraction of sp³-hybridized carbons (Fsp3) is 0.692. The molecule has 0 bridgehead atoms. The molecule has 5 nitrogen and oxygen atoms in total. The molecule has 108 valence electrons. The van der Waals surface area contributed by atoms with E-state index in [-0.39, 0.29) is 6.03 Å². The molecule has 0 saturated heterocycles. The van der Waals surface area contributed by atoms with E-state index in [1.165, 1.54) is 0 Å². The van der Waals surface area contributed by atoms with Crippen molar-refractivity contribution in [1.82, 2.24) is 15.6 Å². The number of aromatic nitrogens is 1. The Hall–Kier alpha value is -1.14. The van der Waals surface area contributed by atoms with Crippen LogP contribution < -0.4 is 10.6 Å². The lowest BCUT2D eigenvalue weighted by molar-refractivity contribution is 0.112. The van der Waals surface area contributed by atoms with E-state index in [9.17, 15) is 4.79 Å². The van der Waals surface area contributed by atoms with Gasteiger partial charge < -0.3 is 15.4 Å². The van der Waals surface area contributed by atoms with E-state index in [1.54, 1.807) is 11.3 Å². The van der Waals surface area contributed by atoms with E-state index in [2.05, 4.69) is 29.5 Å². The lowest BCUT2D eigenvalue weighted by Crippen LogP contribution is -2.37. The maximum Gasteiger partial charge on any atom is 0.315 e. The predicted octanol–water partition coefficient (Wildman–Crippen LogP) is 2.23. The van der Waals surface area contributed by atoms with Crippen molar-refractivity contribution in [1.29, 1.82) is 0 Å². The summed E-state index contributed by atoms with van der Waals surface area (Å²) in [6, 6.07) is -0.168. The molecule has 2 amide bonds. The number of carbonyl (C=O) groups excluding carboxylic acids is 1. The highest BCUT2D eigenvalue weighted by atomic mass is 32.1. The average molecular weight is 285 g/mol. The molecule has 1 heterocycles. The van der Waals surface area contributed by atoms with Crippen LogP contribution >= 0.6 is 11.3 Å². The van der Waals surface area contributed by atoms with E-state index < -0.39 is 0 Å². The molecular weight excluding hydrogens is 262 g/mol. The Kier molecular flexibility index (Phi) is 6.80. The Labute approximate surface area is 118 Å². The van der Waals surface area contributed by atoms with Crippen LogP contribution in [-0.2, 0) is 11.3 Å². The minimum Gasteiger partial charge on any atom is -0.379 e. The molecule has 2 N–H and O–H groups in total. The van der Waals surface area contributed by atoms with Gasteiger partial charge in [-0.05, 0) is 19.8 Å². The first-order valence-corrected chi connectivity index (χ1v) is 7.33. The number of nitrogens with zero attached hydrogens (tertiary/aromatic N) is 1. The van der Waals surface area contributed by atoms with E-state index in [0.717, 1.165) is 22.2 Å². The third-order valence-electron chi connectivity index (χ3n) is 2.39. The van der Waals surface area contributed by atoms with Gasteiger partial charge in [0, 0.05) is 18.0 Å². The standard InChI is InChI=1S/C13H23N3O2S/c1-9(2)8-18-6-5-14-13(17)15-7-12-10(3)16-11(4)19-12/h9H,5-8H2,1-4H3,(H2,14,15,17). The van der Waals surface area contributed by atoms with Gasteiger partial charge in [-0.3, -0.25) is 0 Å². The molecule has 0 aromatic carbocycles. The van der Waals surface area contributed by atoms with Gasteiger partial charge >= 0.3 is 6.03 Å². The number of aryl methyl sites for hydroxylation is 2. The molecule has 6 heteroatoms. The number of ether oxygens (including phenoxy) is 1. The normalized spacial score (nSPS) is 10.8. The van der Waals surface area contributed by atoms with Crippen LogP contribution in [0.15, 0.2) is 0 Å². The van der Waals surface area contributed by atoms with E-state index in [0.29, 0.717) is 25.6 Å². The highest BCUT2D eigenvalue weighted by Gasteiger charge is 2.06. The molecule has 1 aromatic heterocycles. The summed E-state index contributed by atoms with van der Waals surface area (Å²) in [6.07, 6.45) is 0. The van der Waals surface area contributed by atoms with Gasteiger partial charge in [0.25, 0.3) is 0 Å². The van der Waals surface area contributed by atoms with Gasteiger partial charge in [0.2, 0.25) is 0 Å². The molecule has 1 rings (SSSR count). The molecular formula is C13H23N3O2S. The van der Waals surface area contributed by atoms with Crippen LogP contribution in [0.2, 0.25) is 0 Å². The topological polar surface area (TPSA) is 63.2 Å². The number of amides is 2. The second kappa shape index (κ2) is 8.12. The van der Waals surface area contributed by atoms with Gasteiger partial charge in [-0.25, -0.2) is 9.78 Å². The molecule has 19 heavy (non-hydrogen) atoms. The Morgan fingerprint density at radius 1 is 1.37 bits per heavy atom. The molecule has 0 unspecified atom stereocenters. The van der Waals surface area contributed by atoms with Crippen molar-refractivity contribution in [3.8, 4) is 0 Å². The zero-order valence-corrected chi connectivity index (χ0v) is 12.9. The summed E-state index contributed by atoms with van der Waals surface area (Å²) >= 11 is 1.61. The molecule has 0 atom stereocenters. The van der Waals surface area contributed by atoms with Gasteiger partial charge in [-0.1, -0.05) is 13.8 Å². The van der Waals surface area contributed by atoms with Gasteiger partial charge in [-0.15, -0.1) is 11.3 Å². The average Bonchev–Trinajstić information content (AvgIpc) is 2.64. The third kappa shape index (κ3) is 6.54. The van der Waals surface area contributed by atoms with Crippen LogP contribution in [0.3, 0.4) is 0 Å². The summed E-state index contributed by atoms with van der Waals surface area (Å²) in [6.45, 7) is 10.4. The van der Waals surface area contributed by atoms with Crippen LogP contribution in [-0.4, -0.2) is 30.8 Å². The summed E-state index contributed by atoms with van der Waals surface area (Å²) < 4.78 is 5.38. The summed E-state index contributed by atoms with van der Waals surface area (Å²) in [5.41, 5.74) is 0.989. The van der Waals surface area contributed by atoms with E-state index in [1.807, 2.05) is 13.8 Å².